The topological polar surface area (TPSA) is 97.9 Å². The molecule has 6 rings (SSSR count). The third-order valence-corrected chi connectivity index (χ3v) is 7.50. The zero-order valence-electron chi connectivity index (χ0n) is 18.7. The lowest BCUT2D eigenvalue weighted by atomic mass is 10.2. The molecule has 2 saturated carbocycles. The van der Waals surface area contributed by atoms with Crippen LogP contribution in [0.25, 0.3) is 11.3 Å². The number of fused-ring (bicyclic) bond motifs is 1. The maximum Gasteiger partial charge on any atom is 0.255 e. The molecule has 1 aliphatic heterocycles. The number of anilines is 2. The van der Waals surface area contributed by atoms with Crippen molar-refractivity contribution in [3.8, 4) is 11.3 Å². The van der Waals surface area contributed by atoms with Crippen LogP contribution >= 0.6 is 0 Å². The Kier molecular flexibility index (Phi) is 4.66. The summed E-state index contributed by atoms with van der Waals surface area (Å²) in [7, 11) is 3.67. The highest BCUT2D eigenvalue weighted by Gasteiger charge is 2.59. The third kappa shape index (κ3) is 3.28. The van der Waals surface area contributed by atoms with Gasteiger partial charge in [0.15, 0.2) is 5.82 Å². The summed E-state index contributed by atoms with van der Waals surface area (Å²) in [6.45, 7) is 1.75. The van der Waals surface area contributed by atoms with Gasteiger partial charge in [-0.3, -0.25) is 14.3 Å². The second-order valence-electron chi connectivity index (χ2n) is 9.39. The predicted octanol–water partition coefficient (Wildman–Crippen LogP) is 1.65. The van der Waals surface area contributed by atoms with Crippen LogP contribution < -0.4 is 15.4 Å². The lowest BCUT2D eigenvalue weighted by molar-refractivity contribution is 0.451. The maximum absolute atomic E-state index is 14.3. The van der Waals surface area contributed by atoms with Crippen LogP contribution in [0.1, 0.15) is 31.7 Å². The molecule has 11 heteroatoms. The molecule has 33 heavy (non-hydrogen) atoms. The molecule has 1 unspecified atom stereocenters. The summed E-state index contributed by atoms with van der Waals surface area (Å²) in [6, 6.07) is 3.58. The third-order valence-electron chi connectivity index (χ3n) is 7.50. The fourth-order valence-corrected chi connectivity index (χ4v) is 5.71. The lowest BCUT2D eigenvalue weighted by Gasteiger charge is -2.27. The Morgan fingerprint density at radius 3 is 2.67 bits per heavy atom. The normalized spacial score (nSPS) is 24.3. The number of hydrogen-bond donors (Lipinski definition) is 0. The van der Waals surface area contributed by atoms with Gasteiger partial charge in [-0.25, -0.2) is 14.1 Å². The number of tetrazole rings is 1. The van der Waals surface area contributed by atoms with E-state index in [9.17, 15) is 9.18 Å². The minimum Gasteiger partial charge on any atom is -0.342 e. The van der Waals surface area contributed by atoms with Crippen LogP contribution in [0.15, 0.2) is 29.3 Å². The van der Waals surface area contributed by atoms with E-state index in [0.29, 0.717) is 29.5 Å². The van der Waals surface area contributed by atoms with Crippen molar-refractivity contribution in [3.05, 3.63) is 40.7 Å². The van der Waals surface area contributed by atoms with Crippen LogP contribution in [0.5, 0.6) is 0 Å². The van der Waals surface area contributed by atoms with E-state index in [1.807, 2.05) is 11.7 Å². The summed E-state index contributed by atoms with van der Waals surface area (Å²) < 4.78 is 17.8. The Balaban J connectivity index is 1.22. The van der Waals surface area contributed by atoms with Crippen LogP contribution in [-0.2, 0) is 7.05 Å². The maximum atomic E-state index is 14.3. The molecule has 0 amide bonds. The highest BCUT2D eigenvalue weighted by molar-refractivity contribution is 5.60. The molecule has 3 aromatic rings. The van der Waals surface area contributed by atoms with Crippen LogP contribution in [0, 0.1) is 17.7 Å². The zero-order chi connectivity index (χ0) is 22.7. The summed E-state index contributed by atoms with van der Waals surface area (Å²) >= 11 is 0. The largest absolute Gasteiger partial charge is 0.342 e. The number of nitrogens with zero attached hydrogens (tertiary/aromatic N) is 9. The molecule has 0 N–H and O–H groups in total. The highest BCUT2D eigenvalue weighted by atomic mass is 19.1. The van der Waals surface area contributed by atoms with Crippen molar-refractivity contribution >= 4 is 11.9 Å². The van der Waals surface area contributed by atoms with Gasteiger partial charge in [-0.05, 0) is 29.3 Å². The van der Waals surface area contributed by atoms with Crippen molar-refractivity contribution in [2.75, 3.05) is 29.9 Å². The lowest BCUT2D eigenvalue weighted by Crippen LogP contribution is -2.37. The van der Waals surface area contributed by atoms with Crippen molar-refractivity contribution in [3.63, 3.8) is 0 Å². The number of halogens is 1. The van der Waals surface area contributed by atoms with Gasteiger partial charge in [-0.1, -0.05) is 17.9 Å². The van der Waals surface area contributed by atoms with Crippen molar-refractivity contribution < 1.29 is 4.39 Å². The van der Waals surface area contributed by atoms with Crippen molar-refractivity contribution in [2.45, 2.75) is 37.8 Å². The summed E-state index contributed by atoms with van der Waals surface area (Å²) in [6.07, 6.45) is 7.37. The van der Waals surface area contributed by atoms with E-state index < -0.39 is 5.82 Å². The van der Waals surface area contributed by atoms with Crippen molar-refractivity contribution in [2.24, 2.45) is 18.9 Å². The van der Waals surface area contributed by atoms with Gasteiger partial charge in [0, 0.05) is 62.9 Å². The molecule has 0 bridgehead atoms. The van der Waals surface area contributed by atoms with Crippen molar-refractivity contribution in [1.29, 1.82) is 0 Å². The van der Waals surface area contributed by atoms with Crippen LogP contribution in [0.3, 0.4) is 0 Å². The molecule has 0 radical (unpaired) electrons. The molecule has 3 aromatic heterocycles. The van der Waals surface area contributed by atoms with E-state index in [0.717, 1.165) is 38.1 Å². The van der Waals surface area contributed by atoms with Gasteiger partial charge in [-0.15, -0.1) is 0 Å². The molecule has 4 heterocycles. The number of pyridine rings is 1. The van der Waals surface area contributed by atoms with Gasteiger partial charge in [-0.2, -0.15) is 0 Å². The van der Waals surface area contributed by atoms with E-state index in [1.54, 1.807) is 13.1 Å². The summed E-state index contributed by atoms with van der Waals surface area (Å²) in [5.41, 5.74) is 0.377. The number of piperidine rings is 1. The number of aromatic nitrogens is 7. The average Bonchev–Trinajstić information content (AvgIpc) is 3.33. The molecule has 10 nitrogen and oxygen atoms in total. The minimum atomic E-state index is -0.495. The van der Waals surface area contributed by atoms with Gasteiger partial charge in [0.25, 0.3) is 5.56 Å². The minimum absolute atomic E-state index is 0.221. The Bertz CT molecular complexity index is 1240. The molecule has 0 aromatic carbocycles. The monoisotopic (exact) mass is 451 g/mol. The van der Waals surface area contributed by atoms with E-state index in [4.69, 9.17) is 0 Å². The number of rotatable bonds is 5. The summed E-state index contributed by atoms with van der Waals surface area (Å²) in [5, 5.41) is 12.5. The molecule has 2 aliphatic carbocycles. The van der Waals surface area contributed by atoms with Gasteiger partial charge in [0.1, 0.15) is 0 Å². The molecule has 172 valence electrons. The van der Waals surface area contributed by atoms with E-state index >= 15 is 0 Å². The fourth-order valence-electron chi connectivity index (χ4n) is 5.71. The van der Waals surface area contributed by atoms with Crippen LogP contribution in [0.2, 0.25) is 0 Å². The molecule has 0 spiro atoms. The van der Waals surface area contributed by atoms with Gasteiger partial charge < -0.3 is 9.80 Å². The zero-order valence-corrected chi connectivity index (χ0v) is 18.7. The summed E-state index contributed by atoms with van der Waals surface area (Å²) in [4.78, 5) is 25.4. The van der Waals surface area contributed by atoms with Gasteiger partial charge in [0.05, 0.1) is 17.9 Å². The first-order valence-corrected chi connectivity index (χ1v) is 11.5. The Labute approximate surface area is 190 Å². The van der Waals surface area contributed by atoms with E-state index in [1.165, 1.54) is 29.7 Å². The molecular weight excluding hydrogens is 425 g/mol. The predicted molar refractivity (Wildman–Crippen MR) is 119 cm³/mol. The first kappa shape index (κ1) is 20.3. The molecular formula is C22H26FN9O. The quantitative estimate of drug-likeness (QED) is 0.578. The van der Waals surface area contributed by atoms with E-state index in [2.05, 4.69) is 35.3 Å². The molecule has 3 aliphatic rings. The first-order chi connectivity index (χ1) is 16.0. The second-order valence-corrected chi connectivity index (χ2v) is 9.39. The molecule has 3 fully saturated rings. The van der Waals surface area contributed by atoms with Gasteiger partial charge >= 0.3 is 0 Å². The Hall–Kier alpha value is -3.37. The SMILES string of the molecule is CN(c1nc(-c2ccncc2F)cc(=O)n1C)C1[C@H]2CN(c3nnnn3C3CCCC3)C[C@@H]12. The van der Waals surface area contributed by atoms with Crippen LogP contribution in [-0.4, -0.2) is 60.9 Å². The van der Waals surface area contributed by atoms with Gasteiger partial charge in [0.2, 0.25) is 11.9 Å². The Morgan fingerprint density at radius 1 is 1.18 bits per heavy atom. The smallest absolute Gasteiger partial charge is 0.255 e. The van der Waals surface area contributed by atoms with Crippen LogP contribution in [0.4, 0.5) is 16.3 Å². The highest BCUT2D eigenvalue weighted by Crippen LogP contribution is 2.50. The molecule has 3 atom stereocenters. The first-order valence-electron chi connectivity index (χ1n) is 11.5. The Morgan fingerprint density at radius 2 is 1.94 bits per heavy atom. The summed E-state index contributed by atoms with van der Waals surface area (Å²) in [5.74, 6) is 1.81. The number of hydrogen-bond acceptors (Lipinski definition) is 8. The average molecular weight is 452 g/mol. The second kappa shape index (κ2) is 7.60. The van der Waals surface area contributed by atoms with E-state index in [-0.39, 0.29) is 17.2 Å². The standard InChI is InChI=1S/C22H26FN9O/c1-29-19(33)9-18(14-7-8-24-10-17(14)23)25-21(29)30(2)20-15-11-31(12-16(15)20)22-26-27-28-32(22)13-5-3-4-6-13/h7-10,13,15-16,20H,3-6,11-12H2,1-2H3/t15-,16+,20?. The molecule has 1 saturated heterocycles. The fraction of sp³-hybridized carbons (Fsp3) is 0.545. The van der Waals surface area contributed by atoms with Crippen molar-refractivity contribution in [1.82, 2.24) is 34.7 Å².